The monoisotopic (exact) mass is 292 g/mol. The highest BCUT2D eigenvalue weighted by Crippen LogP contribution is 2.36. The molecule has 1 aromatic heterocycles. The first-order valence-corrected chi connectivity index (χ1v) is 8.69. The summed E-state index contributed by atoms with van der Waals surface area (Å²) in [7, 11) is 0. The highest BCUT2D eigenvalue weighted by atomic mass is 32.1. The lowest BCUT2D eigenvalue weighted by Gasteiger charge is -2.30. The van der Waals surface area contributed by atoms with Crippen molar-refractivity contribution in [2.75, 3.05) is 6.54 Å². The molecular weight excluding hydrogens is 268 g/mol. The van der Waals surface area contributed by atoms with Gasteiger partial charge in [0.2, 0.25) is 5.91 Å². The van der Waals surface area contributed by atoms with Crippen LogP contribution in [0.15, 0.2) is 16.8 Å². The number of hydrogen-bond donors (Lipinski definition) is 1. The molecule has 0 aromatic carbocycles. The third-order valence-electron chi connectivity index (χ3n) is 5.07. The molecule has 0 bridgehead atoms. The number of thiophene rings is 1. The molecule has 2 fully saturated rings. The molecule has 1 aromatic rings. The molecule has 4 heteroatoms. The number of nitrogens with one attached hydrogen (secondary N) is 1. The van der Waals surface area contributed by atoms with Crippen LogP contribution in [-0.2, 0) is 4.79 Å². The lowest BCUT2D eigenvalue weighted by molar-refractivity contribution is -0.133. The van der Waals surface area contributed by atoms with E-state index in [2.05, 4.69) is 34.0 Å². The Labute approximate surface area is 125 Å². The summed E-state index contributed by atoms with van der Waals surface area (Å²) >= 11 is 1.70. The topological polar surface area (TPSA) is 32.3 Å². The Bertz CT molecular complexity index is 469. The maximum atomic E-state index is 12.7. The molecule has 1 aliphatic heterocycles. The van der Waals surface area contributed by atoms with Gasteiger partial charge < -0.3 is 4.90 Å². The summed E-state index contributed by atoms with van der Waals surface area (Å²) < 4.78 is 0. The summed E-state index contributed by atoms with van der Waals surface area (Å²) in [4.78, 5) is 14.8. The molecule has 1 N–H and O–H groups in total. The second-order valence-corrected chi connectivity index (χ2v) is 7.15. The molecule has 0 radical (unpaired) electrons. The molecule has 2 atom stereocenters. The molecule has 2 aliphatic rings. The lowest BCUT2D eigenvalue weighted by Crippen LogP contribution is -2.43. The molecule has 2 heterocycles. The minimum atomic E-state index is -0.397. The van der Waals surface area contributed by atoms with Crippen LogP contribution in [0.4, 0.5) is 0 Å². The fraction of sp³-hybridized carbons (Fsp3) is 0.688. The van der Waals surface area contributed by atoms with Crippen molar-refractivity contribution >= 4 is 17.2 Å². The molecule has 110 valence electrons. The predicted molar refractivity (Wildman–Crippen MR) is 82.6 cm³/mol. The van der Waals surface area contributed by atoms with Crippen molar-refractivity contribution < 1.29 is 4.79 Å². The highest BCUT2D eigenvalue weighted by Gasteiger charge is 2.47. The zero-order valence-corrected chi connectivity index (χ0v) is 13.2. The van der Waals surface area contributed by atoms with Crippen molar-refractivity contribution in [2.24, 2.45) is 5.92 Å². The molecule has 2 unspecified atom stereocenters. The van der Waals surface area contributed by atoms with Gasteiger partial charge in [0, 0.05) is 6.54 Å². The standard InChI is InChI=1S/C16H24N2OS/c1-3-16(2)15(19)18(9-7-12-5-4-6-12)14(17-16)13-8-10-20-11-13/h8,10-12,14,17H,3-7,9H2,1-2H3. The Morgan fingerprint density at radius 2 is 2.30 bits per heavy atom. The molecule has 1 aliphatic carbocycles. The van der Waals surface area contributed by atoms with Gasteiger partial charge in [-0.3, -0.25) is 10.1 Å². The van der Waals surface area contributed by atoms with Gasteiger partial charge in [-0.25, -0.2) is 0 Å². The average molecular weight is 292 g/mol. The molecule has 1 saturated heterocycles. The molecule has 0 spiro atoms. The maximum absolute atomic E-state index is 12.7. The van der Waals surface area contributed by atoms with Gasteiger partial charge in [0.1, 0.15) is 6.17 Å². The van der Waals surface area contributed by atoms with E-state index in [4.69, 9.17) is 0 Å². The van der Waals surface area contributed by atoms with Crippen LogP contribution in [0, 0.1) is 5.92 Å². The second-order valence-electron chi connectivity index (χ2n) is 6.37. The minimum absolute atomic E-state index is 0.0683. The van der Waals surface area contributed by atoms with Crippen LogP contribution in [0.25, 0.3) is 0 Å². The Balaban J connectivity index is 1.76. The third-order valence-corrected chi connectivity index (χ3v) is 5.77. The van der Waals surface area contributed by atoms with Crippen LogP contribution >= 0.6 is 11.3 Å². The van der Waals surface area contributed by atoms with Gasteiger partial charge in [-0.15, -0.1) is 0 Å². The lowest BCUT2D eigenvalue weighted by atomic mass is 9.83. The van der Waals surface area contributed by atoms with Crippen LogP contribution in [0.5, 0.6) is 0 Å². The van der Waals surface area contributed by atoms with Crippen molar-refractivity contribution in [3.8, 4) is 0 Å². The van der Waals surface area contributed by atoms with Crippen LogP contribution in [0.3, 0.4) is 0 Å². The molecule has 3 nitrogen and oxygen atoms in total. The quantitative estimate of drug-likeness (QED) is 0.900. The average Bonchev–Trinajstić information content (AvgIpc) is 2.99. The van der Waals surface area contributed by atoms with Gasteiger partial charge in [-0.1, -0.05) is 26.2 Å². The van der Waals surface area contributed by atoms with Crippen LogP contribution < -0.4 is 5.32 Å². The van der Waals surface area contributed by atoms with E-state index in [0.717, 1.165) is 25.3 Å². The summed E-state index contributed by atoms with van der Waals surface area (Å²) in [5, 5.41) is 7.81. The third kappa shape index (κ3) is 2.40. The van der Waals surface area contributed by atoms with Gasteiger partial charge in [-0.2, -0.15) is 11.3 Å². The van der Waals surface area contributed by atoms with Gasteiger partial charge in [0.15, 0.2) is 0 Å². The Hall–Kier alpha value is -0.870. The summed E-state index contributed by atoms with van der Waals surface area (Å²) in [5.74, 6) is 1.12. The molecule has 1 saturated carbocycles. The first-order valence-electron chi connectivity index (χ1n) is 7.75. The predicted octanol–water partition coefficient (Wildman–Crippen LogP) is 3.54. The molecule has 20 heavy (non-hydrogen) atoms. The van der Waals surface area contributed by atoms with Crippen molar-refractivity contribution in [3.05, 3.63) is 22.4 Å². The summed E-state index contributed by atoms with van der Waals surface area (Å²) in [6.07, 6.45) is 6.14. The minimum Gasteiger partial charge on any atom is -0.321 e. The first-order chi connectivity index (χ1) is 9.64. The van der Waals surface area contributed by atoms with Gasteiger partial charge >= 0.3 is 0 Å². The second kappa shape index (κ2) is 5.49. The van der Waals surface area contributed by atoms with E-state index in [1.165, 1.54) is 24.8 Å². The number of carbonyl (C=O) groups excluding carboxylic acids is 1. The Morgan fingerprint density at radius 1 is 1.50 bits per heavy atom. The Kier molecular flexibility index (Phi) is 3.87. The largest absolute Gasteiger partial charge is 0.321 e. The summed E-state index contributed by atoms with van der Waals surface area (Å²) in [6.45, 7) is 5.02. The SMILES string of the molecule is CCC1(C)NC(c2ccsc2)N(CCC2CCC2)C1=O. The molecule has 1 amide bonds. The van der Waals surface area contributed by atoms with Gasteiger partial charge in [-0.05, 0) is 48.1 Å². The summed E-state index contributed by atoms with van der Waals surface area (Å²) in [5.41, 5.74) is 0.834. The van der Waals surface area contributed by atoms with E-state index in [0.29, 0.717) is 0 Å². The zero-order valence-electron chi connectivity index (χ0n) is 12.4. The zero-order chi connectivity index (χ0) is 14.2. The van der Waals surface area contributed by atoms with Crippen LogP contribution in [0.2, 0.25) is 0 Å². The Morgan fingerprint density at radius 3 is 2.85 bits per heavy atom. The van der Waals surface area contributed by atoms with E-state index in [1.54, 1.807) is 11.3 Å². The van der Waals surface area contributed by atoms with Crippen molar-refractivity contribution in [3.63, 3.8) is 0 Å². The maximum Gasteiger partial charge on any atom is 0.244 e. The van der Waals surface area contributed by atoms with Gasteiger partial charge in [0.05, 0.1) is 5.54 Å². The normalized spacial score (nSPS) is 30.8. The van der Waals surface area contributed by atoms with Crippen LogP contribution in [0.1, 0.15) is 57.7 Å². The van der Waals surface area contributed by atoms with E-state index in [9.17, 15) is 4.79 Å². The fourth-order valence-corrected chi connectivity index (χ4v) is 3.84. The van der Waals surface area contributed by atoms with E-state index < -0.39 is 5.54 Å². The number of carbonyl (C=O) groups is 1. The van der Waals surface area contributed by atoms with Crippen molar-refractivity contribution in [1.82, 2.24) is 10.2 Å². The number of nitrogens with zero attached hydrogens (tertiary/aromatic N) is 1. The smallest absolute Gasteiger partial charge is 0.244 e. The first kappa shape index (κ1) is 14.1. The van der Waals surface area contributed by atoms with E-state index >= 15 is 0 Å². The molecular formula is C16H24N2OS. The van der Waals surface area contributed by atoms with Crippen molar-refractivity contribution in [2.45, 2.75) is 57.7 Å². The number of rotatable bonds is 5. The van der Waals surface area contributed by atoms with E-state index in [1.807, 2.05) is 6.92 Å². The fourth-order valence-electron chi connectivity index (χ4n) is 3.16. The van der Waals surface area contributed by atoms with Crippen LogP contribution in [-0.4, -0.2) is 22.9 Å². The van der Waals surface area contributed by atoms with Gasteiger partial charge in [0.25, 0.3) is 0 Å². The highest BCUT2D eigenvalue weighted by molar-refractivity contribution is 7.07. The van der Waals surface area contributed by atoms with E-state index in [-0.39, 0.29) is 12.1 Å². The van der Waals surface area contributed by atoms with Crippen molar-refractivity contribution in [1.29, 1.82) is 0 Å². The molecule has 3 rings (SSSR count). The number of amides is 1. The number of hydrogen-bond acceptors (Lipinski definition) is 3. The summed E-state index contributed by atoms with van der Waals surface area (Å²) in [6, 6.07) is 2.13.